The monoisotopic (exact) mass is 837 g/mol. The number of alkyl carbamates (subject to hydrolysis) is 1. The lowest BCUT2D eigenvalue weighted by atomic mass is 9.98. The Labute approximate surface area is 331 Å². The van der Waals surface area contributed by atoms with Crippen molar-refractivity contribution >= 4 is 35.9 Å². The van der Waals surface area contributed by atoms with E-state index in [1.165, 1.54) is 0 Å². The first-order valence-corrected chi connectivity index (χ1v) is 17.7. The van der Waals surface area contributed by atoms with Gasteiger partial charge in [0.05, 0.1) is 6.10 Å². The molecule has 20 heteroatoms. The topological polar surface area (TPSA) is 188 Å². The van der Waals surface area contributed by atoms with E-state index in [2.05, 4.69) is 10.1 Å². The number of amides is 1. The molecule has 7 atom stereocenters. The average Bonchev–Trinajstić information content (AvgIpc) is 3.50. The van der Waals surface area contributed by atoms with Gasteiger partial charge in [0.2, 0.25) is 34.8 Å². The van der Waals surface area contributed by atoms with E-state index in [1.807, 2.05) is 36.4 Å². The van der Waals surface area contributed by atoms with E-state index in [9.17, 15) is 50.7 Å². The third kappa shape index (κ3) is 9.94. The predicted octanol–water partition coefficient (Wildman–Crippen LogP) is 4.68. The molecular formula is C39H36F5NO14. The highest BCUT2D eigenvalue weighted by Gasteiger charge is 2.54. The molecule has 1 heterocycles. The first-order chi connectivity index (χ1) is 27.9. The number of nitrogens with one attached hydrogen (secondary N) is 1. The zero-order valence-corrected chi connectivity index (χ0v) is 31.8. The lowest BCUT2D eigenvalue weighted by Crippen LogP contribution is -2.64. The predicted molar refractivity (Wildman–Crippen MR) is 186 cm³/mol. The third-order valence-electron chi connectivity index (χ3n) is 9.01. The highest BCUT2D eigenvalue weighted by Crippen LogP contribution is 2.44. The molecule has 316 valence electrons. The van der Waals surface area contributed by atoms with Gasteiger partial charge in [-0.15, -0.1) is 0 Å². The fraction of sp³-hybridized carbons (Fsp3) is 0.385. The Kier molecular flexibility index (Phi) is 13.9. The van der Waals surface area contributed by atoms with Crippen LogP contribution in [0.1, 0.15) is 51.7 Å². The maximum Gasteiger partial charge on any atom is 0.407 e. The second-order valence-electron chi connectivity index (χ2n) is 13.2. The van der Waals surface area contributed by atoms with Gasteiger partial charge in [0, 0.05) is 33.6 Å². The smallest absolute Gasteiger partial charge is 0.407 e. The number of rotatable bonds is 13. The summed E-state index contributed by atoms with van der Waals surface area (Å²) in [5, 5.41) is 2.11. The van der Waals surface area contributed by atoms with Crippen LogP contribution in [0.4, 0.5) is 26.7 Å². The van der Waals surface area contributed by atoms with Crippen LogP contribution in [0, 0.1) is 29.1 Å². The second-order valence-corrected chi connectivity index (χ2v) is 13.2. The molecule has 0 bridgehead atoms. The molecule has 1 aliphatic carbocycles. The largest absolute Gasteiger partial charge is 0.463 e. The van der Waals surface area contributed by atoms with Crippen molar-refractivity contribution in [2.24, 2.45) is 0 Å². The van der Waals surface area contributed by atoms with Crippen molar-refractivity contribution in [3.8, 4) is 16.9 Å². The second kappa shape index (κ2) is 18.6. The van der Waals surface area contributed by atoms with Gasteiger partial charge in [0.1, 0.15) is 19.3 Å². The highest BCUT2D eigenvalue weighted by atomic mass is 19.2. The number of hydrogen-bond acceptors (Lipinski definition) is 14. The number of carbonyl (C=O) groups is 6. The van der Waals surface area contributed by atoms with E-state index in [1.54, 1.807) is 12.1 Å². The van der Waals surface area contributed by atoms with Crippen LogP contribution in [0.2, 0.25) is 0 Å². The molecule has 2 unspecified atom stereocenters. The minimum Gasteiger partial charge on any atom is -0.463 e. The van der Waals surface area contributed by atoms with E-state index < -0.39 is 126 Å². The van der Waals surface area contributed by atoms with Crippen LogP contribution < -0.4 is 10.1 Å². The molecule has 0 radical (unpaired) electrons. The van der Waals surface area contributed by atoms with Gasteiger partial charge in [-0.3, -0.25) is 19.2 Å². The molecule has 3 aromatic rings. The van der Waals surface area contributed by atoms with Crippen molar-refractivity contribution in [2.45, 2.75) is 83.4 Å². The molecule has 1 amide bonds. The minimum absolute atomic E-state index is 0.325. The van der Waals surface area contributed by atoms with Gasteiger partial charge in [-0.1, -0.05) is 48.5 Å². The zero-order chi connectivity index (χ0) is 43.3. The van der Waals surface area contributed by atoms with Gasteiger partial charge < -0.3 is 43.2 Å². The number of hydrogen-bond donors (Lipinski definition) is 1. The molecule has 2 aliphatic rings. The van der Waals surface area contributed by atoms with Crippen LogP contribution in [0.3, 0.4) is 0 Å². The van der Waals surface area contributed by atoms with Crippen LogP contribution in [0.15, 0.2) is 48.5 Å². The van der Waals surface area contributed by atoms with E-state index >= 15 is 0 Å². The normalized spacial score (nSPS) is 20.5. The van der Waals surface area contributed by atoms with Gasteiger partial charge in [-0.25, -0.2) is 22.8 Å². The average molecular weight is 838 g/mol. The Bertz CT molecular complexity index is 2060. The zero-order valence-electron chi connectivity index (χ0n) is 31.8. The van der Waals surface area contributed by atoms with Crippen molar-refractivity contribution < 1.29 is 88.6 Å². The summed E-state index contributed by atoms with van der Waals surface area (Å²) in [6.45, 7) is 3.93. The summed E-state index contributed by atoms with van der Waals surface area (Å²) in [6.07, 6.45) is -11.9. The molecular weight excluding hydrogens is 801 g/mol. The lowest BCUT2D eigenvalue weighted by Gasteiger charge is -2.45. The molecule has 1 N–H and O–H groups in total. The van der Waals surface area contributed by atoms with E-state index in [0.717, 1.165) is 56.9 Å². The molecule has 0 spiro atoms. The minimum atomic E-state index is -2.55. The van der Waals surface area contributed by atoms with E-state index in [4.69, 9.17) is 33.2 Å². The summed E-state index contributed by atoms with van der Waals surface area (Å²) in [6, 6.07) is 12.3. The molecule has 1 fully saturated rings. The van der Waals surface area contributed by atoms with Crippen LogP contribution in [-0.4, -0.2) is 92.0 Å². The maximum atomic E-state index is 14.7. The highest BCUT2D eigenvalue weighted by molar-refractivity contribution is 5.84. The van der Waals surface area contributed by atoms with Crippen molar-refractivity contribution in [3.05, 3.63) is 88.7 Å². The molecule has 59 heavy (non-hydrogen) atoms. The fourth-order valence-electron chi connectivity index (χ4n) is 6.56. The Morgan fingerprint density at radius 2 is 1.14 bits per heavy atom. The lowest BCUT2D eigenvalue weighted by molar-refractivity contribution is -0.316. The molecule has 3 aromatic carbocycles. The van der Waals surface area contributed by atoms with Crippen LogP contribution in [-0.2, 0) is 57.1 Å². The number of esters is 5. The first kappa shape index (κ1) is 44.0. The molecule has 0 aromatic heterocycles. The third-order valence-corrected chi connectivity index (χ3v) is 9.01. The summed E-state index contributed by atoms with van der Waals surface area (Å²) in [4.78, 5) is 75.5. The maximum absolute atomic E-state index is 14.7. The summed E-state index contributed by atoms with van der Waals surface area (Å²) < 4.78 is 114. The van der Waals surface area contributed by atoms with E-state index in [0.29, 0.717) is 0 Å². The number of carbonyl (C=O) groups excluding carboxylic acids is 6. The molecule has 15 nitrogen and oxygen atoms in total. The molecule has 5 rings (SSSR count). The van der Waals surface area contributed by atoms with E-state index in [-0.39, 0.29) is 6.61 Å². The van der Waals surface area contributed by atoms with Gasteiger partial charge in [0.15, 0.2) is 30.6 Å². The van der Waals surface area contributed by atoms with Crippen molar-refractivity contribution in [2.75, 3.05) is 13.2 Å². The fourth-order valence-corrected chi connectivity index (χ4v) is 6.56. The number of ether oxygens (including phenoxy) is 8. The van der Waals surface area contributed by atoms with Crippen molar-refractivity contribution in [1.29, 1.82) is 0 Å². The first-order valence-electron chi connectivity index (χ1n) is 17.7. The van der Waals surface area contributed by atoms with Crippen LogP contribution in [0.25, 0.3) is 11.1 Å². The number of fused-ring (bicyclic) bond motifs is 3. The van der Waals surface area contributed by atoms with Crippen molar-refractivity contribution in [3.63, 3.8) is 0 Å². The molecule has 1 saturated heterocycles. The summed E-state index contributed by atoms with van der Waals surface area (Å²) in [5.41, 5.74) is 3.33. The summed E-state index contributed by atoms with van der Waals surface area (Å²) in [7, 11) is 0. The SMILES string of the molecule is CC(=O)OCC1O[C@@H](O[C@H](C)[C@H](NC(=O)OCC2c3ccccc3-c3ccccc32)C(=O)Oc2c(F)c(F)c(F)c(F)c2F)C(OC(C)=O)[C@H](OC(C)=O)[C@H]1OC(C)=O. The van der Waals surface area contributed by atoms with Gasteiger partial charge in [-0.2, -0.15) is 8.78 Å². The Morgan fingerprint density at radius 3 is 1.66 bits per heavy atom. The summed E-state index contributed by atoms with van der Waals surface area (Å²) in [5.74, 6) is -20.7. The van der Waals surface area contributed by atoms with Gasteiger partial charge in [0.25, 0.3) is 0 Å². The quantitative estimate of drug-likeness (QED) is 0.0624. The Hall–Kier alpha value is -6.15. The van der Waals surface area contributed by atoms with Crippen LogP contribution >= 0.6 is 0 Å². The summed E-state index contributed by atoms with van der Waals surface area (Å²) >= 11 is 0. The van der Waals surface area contributed by atoms with Gasteiger partial charge >= 0.3 is 35.9 Å². The Morgan fingerprint density at radius 1 is 0.644 bits per heavy atom. The number of benzene rings is 3. The standard InChI is InChI=1S/C39H36F5NO14/c1-16(54-38-36(57-20(5)49)35(56-19(4)48)33(55-18(3)47)26(58-38)15-52-17(2)46)32(37(50)59-34-30(43)28(41)27(40)29(42)31(34)44)45-39(51)53-14-25-23-12-8-6-10-21(23)22-11-7-9-13-24(22)25/h6-13,16,25-26,32-33,35-36,38H,14-15H2,1-5H3,(H,45,51)/t16-,26?,32+,33+,35-,36?,38-/m1/s1. The van der Waals surface area contributed by atoms with Crippen LogP contribution in [0.5, 0.6) is 5.75 Å². The number of halogens is 5. The molecule has 0 saturated carbocycles. The van der Waals surface area contributed by atoms with Crippen molar-refractivity contribution in [1.82, 2.24) is 5.32 Å². The molecule has 1 aliphatic heterocycles. The van der Waals surface area contributed by atoms with Gasteiger partial charge in [-0.05, 0) is 29.2 Å². The Balaban J connectivity index is 1.48.